The Morgan fingerprint density at radius 2 is 1.95 bits per heavy atom. The van der Waals surface area contributed by atoms with Crippen molar-refractivity contribution in [1.29, 1.82) is 0 Å². The molecule has 7 heteroatoms. The fraction of sp³-hybridized carbons (Fsp3) is 0.308. The van der Waals surface area contributed by atoms with E-state index in [2.05, 4.69) is 16.6 Å². The first-order chi connectivity index (χ1) is 9.35. The van der Waals surface area contributed by atoms with Gasteiger partial charge < -0.3 is 10.6 Å². The summed E-state index contributed by atoms with van der Waals surface area (Å²) >= 11 is 0. The van der Waals surface area contributed by atoms with Crippen molar-refractivity contribution in [1.82, 2.24) is 5.32 Å². The van der Waals surface area contributed by atoms with E-state index in [1.165, 1.54) is 24.3 Å². The van der Waals surface area contributed by atoms with Gasteiger partial charge in [-0.1, -0.05) is 5.92 Å². The topological polar surface area (TPSA) is 84.5 Å². The summed E-state index contributed by atoms with van der Waals surface area (Å²) in [6, 6.07) is 5.18. The number of hydrogen-bond acceptors (Lipinski definition) is 4. The molecule has 6 nitrogen and oxygen atoms in total. The van der Waals surface area contributed by atoms with Crippen LogP contribution in [0.4, 0.5) is 10.5 Å². The lowest BCUT2D eigenvalue weighted by Gasteiger charge is -2.09. The van der Waals surface area contributed by atoms with Gasteiger partial charge in [0.05, 0.1) is 17.5 Å². The molecule has 20 heavy (non-hydrogen) atoms. The quantitative estimate of drug-likeness (QED) is 0.638. The first-order valence-electron chi connectivity index (χ1n) is 5.87. The number of hydrogen-bond donors (Lipinski definition) is 2. The first kappa shape index (κ1) is 16.0. The summed E-state index contributed by atoms with van der Waals surface area (Å²) in [6.45, 7) is 3.37. The summed E-state index contributed by atoms with van der Waals surface area (Å²) in [5.41, 5.74) is 0.447. The minimum absolute atomic E-state index is 0.0285. The highest BCUT2D eigenvalue weighted by atomic mass is 32.2. The Bertz CT molecular complexity index is 600. The minimum atomic E-state index is -3.77. The number of carbonyl (C=O) groups is 1. The van der Waals surface area contributed by atoms with Gasteiger partial charge in [0.25, 0.3) is 10.1 Å². The van der Waals surface area contributed by atoms with Crippen LogP contribution in [0.5, 0.6) is 0 Å². The monoisotopic (exact) mass is 296 g/mol. The lowest BCUT2D eigenvalue weighted by molar-refractivity contribution is 0.249. The van der Waals surface area contributed by atoms with E-state index in [1.54, 1.807) is 13.8 Å². The van der Waals surface area contributed by atoms with Gasteiger partial charge >= 0.3 is 6.03 Å². The lowest BCUT2D eigenvalue weighted by Crippen LogP contribution is -2.28. The molecule has 1 aromatic rings. The Morgan fingerprint density at radius 3 is 2.45 bits per heavy atom. The van der Waals surface area contributed by atoms with Gasteiger partial charge in [0.15, 0.2) is 0 Å². The fourth-order valence-corrected chi connectivity index (χ4v) is 2.41. The minimum Gasteiger partial charge on any atom is -0.327 e. The molecule has 0 atom stereocenters. The van der Waals surface area contributed by atoms with Crippen molar-refractivity contribution in [2.75, 3.05) is 11.9 Å². The summed E-state index contributed by atoms with van der Waals surface area (Å²) in [7, 11) is -3.77. The number of carbonyl (C=O) groups excluding carboxylic acids is 1. The zero-order chi connectivity index (χ0) is 15.2. The predicted molar refractivity (Wildman–Crippen MR) is 75.7 cm³/mol. The summed E-state index contributed by atoms with van der Waals surface area (Å²) in [5, 5.41) is 4.94. The van der Waals surface area contributed by atoms with Crippen LogP contribution in [-0.2, 0) is 14.3 Å². The number of urea groups is 1. The van der Waals surface area contributed by atoms with Crippen LogP contribution >= 0.6 is 0 Å². The number of amides is 2. The van der Waals surface area contributed by atoms with Crippen molar-refractivity contribution in [2.24, 2.45) is 0 Å². The molecule has 0 spiro atoms. The Kier molecular flexibility index (Phi) is 5.55. The van der Waals surface area contributed by atoms with E-state index in [9.17, 15) is 13.2 Å². The Labute approximate surface area is 118 Å². The SMILES string of the molecule is C#CCNC(=O)Nc1ccc(S(=O)(=O)OC(C)C)cc1. The van der Waals surface area contributed by atoms with Gasteiger partial charge in [0.1, 0.15) is 0 Å². The van der Waals surface area contributed by atoms with E-state index in [1.807, 2.05) is 0 Å². The third kappa shape index (κ3) is 4.91. The number of rotatable bonds is 5. The normalized spacial score (nSPS) is 10.9. The predicted octanol–water partition coefficient (Wildman–Crippen LogP) is 1.56. The molecule has 0 bridgehead atoms. The second-order valence-corrected chi connectivity index (χ2v) is 5.71. The Balaban J connectivity index is 2.75. The van der Waals surface area contributed by atoms with Gasteiger partial charge in [-0.15, -0.1) is 6.42 Å². The maximum Gasteiger partial charge on any atom is 0.319 e. The van der Waals surface area contributed by atoms with Crippen molar-refractivity contribution in [3.63, 3.8) is 0 Å². The molecule has 2 amide bonds. The van der Waals surface area contributed by atoms with E-state index in [-0.39, 0.29) is 11.4 Å². The van der Waals surface area contributed by atoms with Gasteiger partial charge in [-0.3, -0.25) is 4.18 Å². The molecule has 2 N–H and O–H groups in total. The molecule has 1 rings (SSSR count). The molecule has 0 saturated carbocycles. The summed E-state index contributed by atoms with van der Waals surface area (Å²) in [4.78, 5) is 11.4. The number of nitrogens with one attached hydrogen (secondary N) is 2. The van der Waals surface area contributed by atoms with Gasteiger partial charge in [-0.05, 0) is 38.1 Å². The van der Waals surface area contributed by atoms with Crippen LogP contribution in [-0.4, -0.2) is 27.1 Å². The molecule has 0 aliphatic carbocycles. The molecule has 0 unspecified atom stereocenters. The van der Waals surface area contributed by atoms with Crippen molar-refractivity contribution >= 4 is 21.8 Å². The average Bonchev–Trinajstić information content (AvgIpc) is 2.35. The average molecular weight is 296 g/mol. The Hall–Kier alpha value is -2.04. The largest absolute Gasteiger partial charge is 0.327 e. The first-order valence-corrected chi connectivity index (χ1v) is 7.27. The maximum absolute atomic E-state index is 11.8. The third-order valence-corrected chi connectivity index (χ3v) is 3.56. The highest BCUT2D eigenvalue weighted by Gasteiger charge is 2.16. The summed E-state index contributed by atoms with van der Waals surface area (Å²) in [6.07, 6.45) is 4.57. The second-order valence-electron chi connectivity index (χ2n) is 4.14. The van der Waals surface area contributed by atoms with Gasteiger partial charge in [-0.25, -0.2) is 4.79 Å². The van der Waals surface area contributed by atoms with Crippen LogP contribution in [0.25, 0.3) is 0 Å². The van der Waals surface area contributed by atoms with Crippen molar-refractivity contribution in [2.45, 2.75) is 24.8 Å². The van der Waals surface area contributed by atoms with Crippen molar-refractivity contribution in [3.05, 3.63) is 24.3 Å². The molecular formula is C13H16N2O4S. The molecular weight excluding hydrogens is 280 g/mol. The van der Waals surface area contributed by atoms with Gasteiger partial charge in [0, 0.05) is 5.69 Å². The van der Waals surface area contributed by atoms with E-state index in [0.717, 1.165) is 0 Å². The number of anilines is 1. The zero-order valence-electron chi connectivity index (χ0n) is 11.2. The van der Waals surface area contributed by atoms with E-state index < -0.39 is 22.3 Å². The zero-order valence-corrected chi connectivity index (χ0v) is 12.0. The smallest absolute Gasteiger partial charge is 0.319 e. The maximum atomic E-state index is 11.8. The summed E-state index contributed by atoms with van der Waals surface area (Å²) in [5.74, 6) is 2.26. The second kappa shape index (κ2) is 6.93. The van der Waals surface area contributed by atoms with Crippen LogP contribution in [0, 0.1) is 12.3 Å². The molecule has 0 aliphatic heterocycles. The third-order valence-electron chi connectivity index (χ3n) is 2.07. The van der Waals surface area contributed by atoms with Crippen LogP contribution < -0.4 is 10.6 Å². The van der Waals surface area contributed by atoms with Crippen LogP contribution in [0.1, 0.15) is 13.8 Å². The van der Waals surface area contributed by atoms with Crippen molar-refractivity contribution in [3.8, 4) is 12.3 Å². The highest BCUT2D eigenvalue weighted by Crippen LogP contribution is 2.17. The number of benzene rings is 1. The molecule has 0 saturated heterocycles. The van der Waals surface area contributed by atoms with E-state index in [0.29, 0.717) is 5.69 Å². The standard InChI is InChI=1S/C13H16N2O4S/c1-4-9-14-13(16)15-11-5-7-12(8-6-11)20(17,18)19-10(2)3/h1,5-8,10H,9H2,2-3H3,(H2,14,15,16). The van der Waals surface area contributed by atoms with E-state index in [4.69, 9.17) is 10.6 Å². The molecule has 108 valence electrons. The lowest BCUT2D eigenvalue weighted by atomic mass is 10.3. The number of terminal acetylenes is 1. The molecule has 1 aromatic carbocycles. The van der Waals surface area contributed by atoms with E-state index >= 15 is 0 Å². The van der Waals surface area contributed by atoms with Gasteiger partial charge in [0.2, 0.25) is 0 Å². The molecule has 0 heterocycles. The summed E-state index contributed by atoms with van der Waals surface area (Å²) < 4.78 is 28.4. The molecule has 0 aromatic heterocycles. The van der Waals surface area contributed by atoms with Crippen LogP contribution in [0.2, 0.25) is 0 Å². The van der Waals surface area contributed by atoms with Crippen LogP contribution in [0.3, 0.4) is 0 Å². The molecule has 0 radical (unpaired) electrons. The highest BCUT2D eigenvalue weighted by molar-refractivity contribution is 7.86. The molecule has 0 aliphatic rings. The van der Waals surface area contributed by atoms with Crippen LogP contribution in [0.15, 0.2) is 29.2 Å². The van der Waals surface area contributed by atoms with Gasteiger partial charge in [-0.2, -0.15) is 8.42 Å². The fourth-order valence-electron chi connectivity index (χ4n) is 1.32. The Morgan fingerprint density at radius 1 is 1.35 bits per heavy atom. The molecule has 0 fully saturated rings. The van der Waals surface area contributed by atoms with Crippen molar-refractivity contribution < 1.29 is 17.4 Å².